The van der Waals surface area contributed by atoms with Crippen molar-refractivity contribution < 1.29 is 13.6 Å². The Morgan fingerprint density at radius 2 is 1.88 bits per heavy atom. The van der Waals surface area contributed by atoms with E-state index in [4.69, 9.17) is 0 Å². The standard InChI is InChI=1S/C22H19F2NO/c1-3-16-7-10-18(14-19(16)24)25-20(4-2)22(11-12-22)21(26)13-15-5-8-17(23)9-6-15/h3,5-10,14,25H,1-2,11-13H2. The molecule has 0 heterocycles. The van der Waals surface area contributed by atoms with Gasteiger partial charge in [0.25, 0.3) is 0 Å². The third-order valence-electron chi connectivity index (χ3n) is 4.71. The normalized spacial score (nSPS) is 14.2. The van der Waals surface area contributed by atoms with Gasteiger partial charge in [-0.25, -0.2) is 8.78 Å². The van der Waals surface area contributed by atoms with Crippen LogP contribution < -0.4 is 5.32 Å². The topological polar surface area (TPSA) is 29.1 Å². The minimum atomic E-state index is -0.677. The van der Waals surface area contributed by atoms with Crippen molar-refractivity contribution in [1.82, 2.24) is 0 Å². The molecule has 0 aliphatic heterocycles. The molecule has 0 spiro atoms. The summed E-state index contributed by atoms with van der Waals surface area (Å²) < 4.78 is 27.0. The number of Topliss-reactive ketones (excluding diaryl/α,β-unsaturated/α-hetero) is 1. The van der Waals surface area contributed by atoms with Crippen molar-refractivity contribution in [3.63, 3.8) is 0 Å². The lowest BCUT2D eigenvalue weighted by atomic mass is 9.91. The summed E-state index contributed by atoms with van der Waals surface area (Å²) in [6, 6.07) is 10.6. The molecule has 1 aliphatic rings. The molecule has 2 nitrogen and oxygen atoms in total. The molecule has 26 heavy (non-hydrogen) atoms. The molecular formula is C22H19F2NO. The summed E-state index contributed by atoms with van der Waals surface area (Å²) in [5, 5.41) is 3.09. The van der Waals surface area contributed by atoms with E-state index in [1.165, 1.54) is 24.3 Å². The molecule has 1 saturated carbocycles. The van der Waals surface area contributed by atoms with Crippen LogP contribution in [0, 0.1) is 17.0 Å². The van der Waals surface area contributed by atoms with E-state index in [0.29, 0.717) is 29.8 Å². The number of rotatable bonds is 7. The number of anilines is 1. The molecule has 3 rings (SSSR count). The number of hydrogen-bond acceptors (Lipinski definition) is 2. The first-order valence-electron chi connectivity index (χ1n) is 8.36. The molecular weight excluding hydrogens is 332 g/mol. The number of carbonyl (C=O) groups is 1. The molecule has 0 saturated heterocycles. The molecule has 1 aliphatic carbocycles. The fourth-order valence-corrected chi connectivity index (χ4v) is 3.00. The van der Waals surface area contributed by atoms with Gasteiger partial charge in [0.1, 0.15) is 17.4 Å². The third kappa shape index (κ3) is 3.51. The van der Waals surface area contributed by atoms with Gasteiger partial charge in [0.15, 0.2) is 0 Å². The molecule has 0 radical (unpaired) electrons. The van der Waals surface area contributed by atoms with Gasteiger partial charge in [0, 0.05) is 17.7 Å². The van der Waals surface area contributed by atoms with E-state index in [2.05, 4.69) is 24.2 Å². The van der Waals surface area contributed by atoms with Crippen LogP contribution in [0.3, 0.4) is 0 Å². The van der Waals surface area contributed by atoms with Crippen molar-refractivity contribution >= 4 is 17.5 Å². The van der Waals surface area contributed by atoms with Crippen molar-refractivity contribution in [2.24, 2.45) is 5.41 Å². The van der Waals surface area contributed by atoms with Gasteiger partial charge in [0.2, 0.25) is 0 Å². The lowest BCUT2D eigenvalue weighted by Gasteiger charge is -2.19. The predicted molar refractivity (Wildman–Crippen MR) is 99.5 cm³/mol. The van der Waals surface area contributed by atoms with E-state index in [-0.39, 0.29) is 18.0 Å². The van der Waals surface area contributed by atoms with Crippen LogP contribution in [0.1, 0.15) is 24.0 Å². The van der Waals surface area contributed by atoms with E-state index >= 15 is 0 Å². The SMILES string of the molecule is C=C=C(Nc1ccc(C=C)c(F)c1)C1(C(=O)Cc2ccc(F)cc2)CC1. The highest BCUT2D eigenvalue weighted by atomic mass is 19.1. The van der Waals surface area contributed by atoms with Gasteiger partial charge in [-0.2, -0.15) is 0 Å². The molecule has 0 bridgehead atoms. The fraction of sp³-hybridized carbons (Fsp3) is 0.182. The number of hydrogen-bond donors (Lipinski definition) is 1. The molecule has 132 valence electrons. The van der Waals surface area contributed by atoms with Gasteiger partial charge in [0.05, 0.1) is 11.1 Å². The minimum absolute atomic E-state index is 0.0194. The second-order valence-corrected chi connectivity index (χ2v) is 6.43. The van der Waals surface area contributed by atoms with Crippen molar-refractivity contribution in [2.75, 3.05) is 5.32 Å². The van der Waals surface area contributed by atoms with Crippen LogP contribution in [0.15, 0.2) is 67.1 Å². The minimum Gasteiger partial charge on any atom is -0.352 e. The van der Waals surface area contributed by atoms with E-state index in [9.17, 15) is 13.6 Å². The Labute approximate surface area is 151 Å². The van der Waals surface area contributed by atoms with E-state index < -0.39 is 11.2 Å². The van der Waals surface area contributed by atoms with Gasteiger partial charge in [-0.05, 0) is 42.7 Å². The average molecular weight is 351 g/mol. The highest BCUT2D eigenvalue weighted by molar-refractivity contribution is 5.93. The zero-order valence-corrected chi connectivity index (χ0v) is 14.3. The van der Waals surface area contributed by atoms with Crippen LogP contribution in [0.2, 0.25) is 0 Å². The number of carbonyl (C=O) groups excluding carboxylic acids is 1. The quantitative estimate of drug-likeness (QED) is 0.688. The first-order chi connectivity index (χ1) is 12.5. The Morgan fingerprint density at radius 1 is 1.19 bits per heavy atom. The van der Waals surface area contributed by atoms with Crippen molar-refractivity contribution in [2.45, 2.75) is 19.3 Å². The third-order valence-corrected chi connectivity index (χ3v) is 4.71. The maximum absolute atomic E-state index is 13.9. The smallest absolute Gasteiger partial charge is 0.149 e. The largest absolute Gasteiger partial charge is 0.352 e. The van der Waals surface area contributed by atoms with Crippen LogP contribution in [0.4, 0.5) is 14.5 Å². The second kappa shape index (κ2) is 7.11. The summed E-state index contributed by atoms with van der Waals surface area (Å²) >= 11 is 0. The van der Waals surface area contributed by atoms with Crippen LogP contribution in [-0.4, -0.2) is 5.78 Å². The predicted octanol–water partition coefficient (Wildman–Crippen LogP) is 5.28. The van der Waals surface area contributed by atoms with E-state index in [0.717, 1.165) is 5.56 Å². The monoisotopic (exact) mass is 351 g/mol. The first kappa shape index (κ1) is 17.8. The first-order valence-corrected chi connectivity index (χ1v) is 8.36. The zero-order valence-electron chi connectivity index (χ0n) is 14.3. The van der Waals surface area contributed by atoms with E-state index in [1.54, 1.807) is 24.3 Å². The number of ketones is 1. The number of nitrogens with one attached hydrogen (secondary N) is 1. The molecule has 1 N–H and O–H groups in total. The molecule has 0 amide bonds. The number of halogens is 2. The molecule has 4 heteroatoms. The number of benzene rings is 2. The maximum atomic E-state index is 13.9. The van der Waals surface area contributed by atoms with E-state index in [1.807, 2.05) is 0 Å². The average Bonchev–Trinajstić information content (AvgIpc) is 3.43. The van der Waals surface area contributed by atoms with Gasteiger partial charge in [-0.1, -0.05) is 37.4 Å². The second-order valence-electron chi connectivity index (χ2n) is 6.43. The summed E-state index contributed by atoms with van der Waals surface area (Å²) in [6.07, 6.45) is 3.02. The highest BCUT2D eigenvalue weighted by Gasteiger charge is 2.52. The summed E-state index contributed by atoms with van der Waals surface area (Å²) in [7, 11) is 0. The summed E-state index contributed by atoms with van der Waals surface area (Å²) in [5.41, 5.74) is 4.38. The maximum Gasteiger partial charge on any atom is 0.149 e. The van der Waals surface area contributed by atoms with Gasteiger partial charge < -0.3 is 5.32 Å². The van der Waals surface area contributed by atoms with Crippen LogP contribution in [0.5, 0.6) is 0 Å². The number of allylic oxidation sites excluding steroid dienone is 1. The van der Waals surface area contributed by atoms with Crippen LogP contribution in [0.25, 0.3) is 6.08 Å². The van der Waals surface area contributed by atoms with Gasteiger partial charge >= 0.3 is 0 Å². The van der Waals surface area contributed by atoms with Gasteiger partial charge in [-0.15, -0.1) is 5.73 Å². The molecule has 0 aromatic heterocycles. The fourth-order valence-electron chi connectivity index (χ4n) is 3.00. The van der Waals surface area contributed by atoms with Crippen LogP contribution in [-0.2, 0) is 11.2 Å². The molecule has 2 aromatic carbocycles. The Morgan fingerprint density at radius 3 is 2.42 bits per heavy atom. The molecule has 0 atom stereocenters. The molecule has 0 unspecified atom stereocenters. The van der Waals surface area contributed by atoms with Gasteiger partial charge in [-0.3, -0.25) is 4.79 Å². The Balaban J connectivity index is 1.77. The van der Waals surface area contributed by atoms with Crippen LogP contribution >= 0.6 is 0 Å². The Hall–Kier alpha value is -2.97. The highest BCUT2D eigenvalue weighted by Crippen LogP contribution is 2.53. The lowest BCUT2D eigenvalue weighted by Crippen LogP contribution is -2.24. The summed E-state index contributed by atoms with van der Waals surface area (Å²) in [5.74, 6) is -0.706. The Bertz CT molecular complexity index is 904. The van der Waals surface area contributed by atoms with Crippen molar-refractivity contribution in [3.8, 4) is 0 Å². The zero-order chi connectivity index (χ0) is 18.7. The summed E-state index contributed by atoms with van der Waals surface area (Å²) in [6.45, 7) is 7.24. The molecule has 2 aromatic rings. The Kier molecular flexibility index (Phi) is 4.88. The lowest BCUT2D eigenvalue weighted by molar-refractivity contribution is -0.122. The summed E-state index contributed by atoms with van der Waals surface area (Å²) in [4.78, 5) is 12.8. The molecule has 1 fully saturated rings. The van der Waals surface area contributed by atoms with Crippen molar-refractivity contribution in [1.29, 1.82) is 0 Å². The van der Waals surface area contributed by atoms with Crippen molar-refractivity contribution in [3.05, 3.63) is 89.8 Å².